The summed E-state index contributed by atoms with van der Waals surface area (Å²) in [5, 5.41) is 10.9. The van der Waals surface area contributed by atoms with Gasteiger partial charge in [0.15, 0.2) is 5.78 Å². The van der Waals surface area contributed by atoms with Gasteiger partial charge in [0.05, 0.1) is 23.5 Å². The number of nitro groups is 1. The van der Waals surface area contributed by atoms with E-state index in [9.17, 15) is 19.7 Å². The highest BCUT2D eigenvalue weighted by Crippen LogP contribution is 2.18. The number of para-hydroxylation sites is 1. The summed E-state index contributed by atoms with van der Waals surface area (Å²) in [6.45, 7) is 1.42. The van der Waals surface area contributed by atoms with Crippen LogP contribution in [0.15, 0.2) is 48.5 Å². The Morgan fingerprint density at radius 2 is 1.76 bits per heavy atom. The second-order valence-corrected chi connectivity index (χ2v) is 5.23. The van der Waals surface area contributed by atoms with Gasteiger partial charge in [-0.3, -0.25) is 19.7 Å². The van der Waals surface area contributed by atoms with Crippen molar-refractivity contribution >= 4 is 17.4 Å². The zero-order valence-electron chi connectivity index (χ0n) is 13.6. The average Bonchev–Trinajstić information content (AvgIpc) is 2.60. The molecule has 0 radical (unpaired) electrons. The molecule has 0 heterocycles. The fourth-order valence-electron chi connectivity index (χ4n) is 2.08. The van der Waals surface area contributed by atoms with Gasteiger partial charge in [-0.2, -0.15) is 0 Å². The first-order chi connectivity index (χ1) is 12.0. The van der Waals surface area contributed by atoms with Crippen molar-refractivity contribution in [3.8, 4) is 5.75 Å². The van der Waals surface area contributed by atoms with E-state index in [1.165, 1.54) is 13.0 Å². The highest BCUT2D eigenvalue weighted by Gasteiger charge is 2.14. The highest BCUT2D eigenvalue weighted by molar-refractivity contribution is 5.94. The quantitative estimate of drug-likeness (QED) is 0.316. The van der Waals surface area contributed by atoms with E-state index < -0.39 is 10.9 Å². The molecule has 25 heavy (non-hydrogen) atoms. The fourth-order valence-corrected chi connectivity index (χ4v) is 2.08. The van der Waals surface area contributed by atoms with Gasteiger partial charge in [0.2, 0.25) is 0 Å². The van der Waals surface area contributed by atoms with Crippen LogP contribution in [0.5, 0.6) is 5.75 Å². The fraction of sp³-hybridized carbons (Fsp3) is 0.222. The molecule has 0 spiro atoms. The topological polar surface area (TPSA) is 95.7 Å². The lowest BCUT2D eigenvalue weighted by Gasteiger charge is -2.08. The van der Waals surface area contributed by atoms with Gasteiger partial charge in [-0.25, -0.2) is 0 Å². The van der Waals surface area contributed by atoms with E-state index in [0.29, 0.717) is 16.9 Å². The van der Waals surface area contributed by atoms with E-state index in [4.69, 9.17) is 9.47 Å². The van der Waals surface area contributed by atoms with Crippen LogP contribution in [-0.4, -0.2) is 23.3 Å². The molecule has 0 aliphatic carbocycles. The number of Topliss-reactive ketones (excluding diaryl/α,β-unsaturated/α-hetero) is 1. The van der Waals surface area contributed by atoms with E-state index >= 15 is 0 Å². The Labute approximate surface area is 144 Å². The lowest BCUT2D eigenvalue weighted by atomic mass is 10.1. The lowest BCUT2D eigenvalue weighted by molar-refractivity contribution is -0.385. The molecule has 0 bridgehead atoms. The zero-order chi connectivity index (χ0) is 18.2. The van der Waals surface area contributed by atoms with Crippen molar-refractivity contribution in [2.45, 2.75) is 20.0 Å². The Balaban J connectivity index is 1.78. The number of carbonyl (C=O) groups excluding carboxylic acids is 2. The maximum atomic E-state index is 11.7. The van der Waals surface area contributed by atoms with Crippen LogP contribution >= 0.6 is 0 Å². The van der Waals surface area contributed by atoms with Crippen molar-refractivity contribution < 1.29 is 24.0 Å². The van der Waals surface area contributed by atoms with Gasteiger partial charge in [0.25, 0.3) is 5.69 Å². The van der Waals surface area contributed by atoms with Crippen molar-refractivity contribution in [3.05, 3.63) is 69.8 Å². The molecule has 130 valence electrons. The Kier molecular flexibility index (Phi) is 6.22. The number of esters is 1. The first-order valence-corrected chi connectivity index (χ1v) is 7.59. The number of hydrogen-bond donors (Lipinski definition) is 0. The van der Waals surface area contributed by atoms with Crippen LogP contribution in [0, 0.1) is 10.1 Å². The average molecular weight is 343 g/mol. The number of benzene rings is 2. The first kappa shape index (κ1) is 18.1. The van der Waals surface area contributed by atoms with Crippen molar-refractivity contribution in [3.63, 3.8) is 0 Å². The smallest absolute Gasteiger partial charge is 0.309 e. The van der Waals surface area contributed by atoms with E-state index in [2.05, 4.69) is 0 Å². The SMILES string of the molecule is CC(=O)c1ccc(OCCC(=O)OCc2ccccc2[N+](=O)[O-])cc1. The van der Waals surface area contributed by atoms with Crippen molar-refractivity contribution in [2.24, 2.45) is 0 Å². The third-order valence-corrected chi connectivity index (χ3v) is 3.41. The van der Waals surface area contributed by atoms with Crippen LogP contribution in [0.1, 0.15) is 29.3 Å². The van der Waals surface area contributed by atoms with Gasteiger partial charge in [0.1, 0.15) is 12.4 Å². The Morgan fingerprint density at radius 3 is 2.40 bits per heavy atom. The summed E-state index contributed by atoms with van der Waals surface area (Å²) in [7, 11) is 0. The minimum Gasteiger partial charge on any atom is -0.493 e. The molecule has 2 aromatic rings. The third-order valence-electron chi connectivity index (χ3n) is 3.41. The van der Waals surface area contributed by atoms with Gasteiger partial charge >= 0.3 is 5.97 Å². The highest BCUT2D eigenvalue weighted by atomic mass is 16.6. The second-order valence-electron chi connectivity index (χ2n) is 5.23. The molecular weight excluding hydrogens is 326 g/mol. The Hall–Kier alpha value is -3.22. The number of nitro benzene ring substituents is 1. The van der Waals surface area contributed by atoms with E-state index in [1.807, 2.05) is 0 Å². The summed E-state index contributed by atoms with van der Waals surface area (Å²) in [4.78, 5) is 33.3. The minimum absolute atomic E-state index is 0.00902. The molecule has 0 N–H and O–H groups in total. The molecule has 0 saturated carbocycles. The standard InChI is InChI=1S/C18H17NO6/c1-13(20)14-6-8-16(9-7-14)24-11-10-18(21)25-12-15-4-2-3-5-17(15)19(22)23/h2-9H,10-12H2,1H3. The summed E-state index contributed by atoms with van der Waals surface area (Å²) in [5.74, 6) is -0.0138. The number of nitrogens with zero attached hydrogens (tertiary/aromatic N) is 1. The molecule has 0 unspecified atom stereocenters. The molecular formula is C18H17NO6. The largest absolute Gasteiger partial charge is 0.493 e. The summed E-state index contributed by atoms with van der Waals surface area (Å²) in [6, 6.07) is 12.7. The molecule has 0 amide bonds. The van der Waals surface area contributed by atoms with Gasteiger partial charge in [0, 0.05) is 11.6 Å². The van der Waals surface area contributed by atoms with Crippen molar-refractivity contribution in [2.75, 3.05) is 6.61 Å². The van der Waals surface area contributed by atoms with Gasteiger partial charge in [-0.1, -0.05) is 12.1 Å². The van der Waals surface area contributed by atoms with E-state index in [-0.39, 0.29) is 31.1 Å². The van der Waals surface area contributed by atoms with E-state index in [0.717, 1.165) is 0 Å². The molecule has 2 aromatic carbocycles. The summed E-state index contributed by atoms with van der Waals surface area (Å²) < 4.78 is 10.4. The summed E-state index contributed by atoms with van der Waals surface area (Å²) in [6.07, 6.45) is 0.00902. The van der Waals surface area contributed by atoms with Crippen LogP contribution in [0.2, 0.25) is 0 Å². The van der Waals surface area contributed by atoms with Crippen molar-refractivity contribution in [1.82, 2.24) is 0 Å². The first-order valence-electron chi connectivity index (χ1n) is 7.59. The Morgan fingerprint density at radius 1 is 1.08 bits per heavy atom. The number of ether oxygens (including phenoxy) is 2. The van der Waals surface area contributed by atoms with Gasteiger partial charge in [-0.05, 0) is 37.3 Å². The monoisotopic (exact) mass is 343 g/mol. The predicted molar refractivity (Wildman–Crippen MR) is 89.5 cm³/mol. The van der Waals surface area contributed by atoms with Gasteiger partial charge in [-0.15, -0.1) is 0 Å². The molecule has 0 atom stereocenters. The normalized spacial score (nSPS) is 10.1. The number of ketones is 1. The van der Waals surface area contributed by atoms with E-state index in [1.54, 1.807) is 42.5 Å². The molecule has 0 fully saturated rings. The molecule has 0 aromatic heterocycles. The molecule has 2 rings (SSSR count). The lowest BCUT2D eigenvalue weighted by Crippen LogP contribution is -2.10. The summed E-state index contributed by atoms with van der Waals surface area (Å²) >= 11 is 0. The molecule has 0 saturated heterocycles. The Bertz CT molecular complexity index is 769. The van der Waals surface area contributed by atoms with Crippen LogP contribution < -0.4 is 4.74 Å². The van der Waals surface area contributed by atoms with Gasteiger partial charge < -0.3 is 9.47 Å². The van der Waals surface area contributed by atoms with Crippen LogP contribution in [0.3, 0.4) is 0 Å². The minimum atomic E-state index is -0.517. The van der Waals surface area contributed by atoms with Crippen LogP contribution in [0.25, 0.3) is 0 Å². The predicted octanol–water partition coefficient (Wildman–Crippen LogP) is 3.31. The maximum absolute atomic E-state index is 11.7. The number of carbonyl (C=O) groups is 2. The molecule has 0 aliphatic rings. The maximum Gasteiger partial charge on any atom is 0.309 e. The molecule has 7 heteroatoms. The van der Waals surface area contributed by atoms with Crippen LogP contribution in [-0.2, 0) is 16.1 Å². The summed E-state index contributed by atoms with van der Waals surface area (Å²) in [5.41, 5.74) is 0.829. The molecule has 0 aliphatic heterocycles. The number of hydrogen-bond acceptors (Lipinski definition) is 6. The van der Waals surface area contributed by atoms with Crippen LogP contribution in [0.4, 0.5) is 5.69 Å². The second kappa shape index (κ2) is 8.58. The third kappa shape index (κ3) is 5.42. The molecule has 7 nitrogen and oxygen atoms in total. The zero-order valence-corrected chi connectivity index (χ0v) is 13.6. The number of rotatable bonds is 8. The van der Waals surface area contributed by atoms with Crippen molar-refractivity contribution in [1.29, 1.82) is 0 Å².